The smallest absolute Gasteiger partial charge is 0.334 e. The van der Waals surface area contributed by atoms with Crippen molar-refractivity contribution in [1.29, 1.82) is 0 Å². The Balaban J connectivity index is 0.000000296. The summed E-state index contributed by atoms with van der Waals surface area (Å²) in [6.07, 6.45) is 21.9. The van der Waals surface area contributed by atoms with Gasteiger partial charge in [0.2, 0.25) is 17.7 Å². The van der Waals surface area contributed by atoms with E-state index in [2.05, 4.69) is 68.6 Å². The van der Waals surface area contributed by atoms with Crippen LogP contribution in [0.1, 0.15) is 195 Å². The molecular weight excluding hydrogens is 1400 g/mol. The van der Waals surface area contributed by atoms with E-state index in [4.69, 9.17) is 10.6 Å². The molecule has 7 aliphatic heterocycles. The van der Waals surface area contributed by atoms with Gasteiger partial charge in [0.25, 0.3) is 11.8 Å². The number of Topliss-reactive ketones (excluding diaryl/α,β-unsaturated/α-hetero) is 2. The van der Waals surface area contributed by atoms with Crippen LogP contribution in [-0.4, -0.2) is 200 Å². The van der Waals surface area contributed by atoms with Crippen molar-refractivity contribution in [3.05, 3.63) is 0 Å². The zero-order valence-corrected chi connectivity index (χ0v) is 64.3. The van der Waals surface area contributed by atoms with Gasteiger partial charge >= 0.3 is 24.1 Å². The van der Waals surface area contributed by atoms with Gasteiger partial charge in [-0.3, -0.25) is 33.6 Å². The minimum Gasteiger partial charge on any atom is -0.356 e. The molecule has 548 valence electrons. The molecule has 0 aliphatic carbocycles. The highest BCUT2D eigenvalue weighted by molar-refractivity contribution is 8.77. The minimum atomic E-state index is -0.606. The lowest BCUT2D eigenvalue weighted by Gasteiger charge is -2.16. The number of nitrogens with zero attached hydrogens (tertiary/aromatic N) is 1. The summed E-state index contributed by atoms with van der Waals surface area (Å²) in [6.45, 7) is 10.9. The van der Waals surface area contributed by atoms with Gasteiger partial charge in [-0.1, -0.05) is 131 Å². The van der Waals surface area contributed by atoms with Crippen LogP contribution in [0.4, 0.5) is 14.4 Å². The number of amides is 11. The second kappa shape index (κ2) is 52.3. The molecule has 11 amide bonds. The number of hydrogen-bond acceptors (Lipinski definition) is 22. The van der Waals surface area contributed by atoms with Crippen molar-refractivity contribution in [1.82, 2.24) is 52.9 Å². The molecule has 96 heavy (non-hydrogen) atoms. The van der Waals surface area contributed by atoms with Crippen molar-refractivity contribution in [2.24, 2.45) is 11.7 Å². The molecule has 0 aromatic carbocycles. The van der Waals surface area contributed by atoms with E-state index < -0.39 is 23.7 Å². The van der Waals surface area contributed by atoms with Crippen LogP contribution in [0.5, 0.6) is 0 Å². The molecule has 0 aromatic rings. The molecule has 0 spiro atoms. The van der Waals surface area contributed by atoms with E-state index in [-0.39, 0.29) is 84.9 Å². The Morgan fingerprint density at radius 1 is 0.458 bits per heavy atom. The third-order valence-electron chi connectivity index (χ3n) is 16.5. The number of nitrogens with two attached hydrogens (primary N) is 1. The molecule has 7 saturated heterocycles. The summed E-state index contributed by atoms with van der Waals surface area (Å²) < 4.78 is 0. The molecule has 0 aromatic heterocycles. The SMILES string of the molecule is CC1CC(=O)N(OC(=O)CCSSCCNC(=O)CCCCC2SCC3NC(=O)NC32)C1=O.CCCCN.CCCCNC(=O)CCSSCCCC(=O)CCCCC1SCC2NC(=O)NC21.CCCCNC(=O)CCSSCCCC(=O)CCCCC1SCC2NC(=O)NC21. The summed E-state index contributed by atoms with van der Waals surface area (Å²) in [5, 5.41) is 28.6. The van der Waals surface area contributed by atoms with Gasteiger partial charge in [0.1, 0.15) is 11.6 Å². The lowest BCUT2D eigenvalue weighted by Crippen LogP contribution is -2.36. The van der Waals surface area contributed by atoms with Crippen molar-refractivity contribution >= 4 is 165 Å². The number of ketones is 2. The number of thioether (sulfide) groups is 3. The zero-order chi connectivity index (χ0) is 69.7. The fraction of sp³-hybridized carbons (Fsp3) is 0.828. The van der Waals surface area contributed by atoms with Crippen molar-refractivity contribution in [2.75, 3.05) is 78.0 Å². The van der Waals surface area contributed by atoms with E-state index in [1.165, 1.54) is 34.4 Å². The van der Waals surface area contributed by atoms with Crippen molar-refractivity contribution in [3.63, 3.8) is 0 Å². The van der Waals surface area contributed by atoms with Crippen LogP contribution in [0.2, 0.25) is 0 Å². The van der Waals surface area contributed by atoms with Crippen LogP contribution in [0.25, 0.3) is 0 Å². The van der Waals surface area contributed by atoms with Gasteiger partial charge in [-0.05, 0) is 77.2 Å². The van der Waals surface area contributed by atoms with Crippen LogP contribution in [-0.2, 0) is 43.2 Å². The summed E-state index contributed by atoms with van der Waals surface area (Å²) >= 11 is 5.75. The molecule has 10 unspecified atom stereocenters. The minimum absolute atomic E-state index is 0.0335. The van der Waals surface area contributed by atoms with Crippen molar-refractivity contribution in [2.45, 2.75) is 247 Å². The maximum Gasteiger partial charge on any atom is 0.334 e. The van der Waals surface area contributed by atoms with E-state index in [1.807, 2.05) is 35.3 Å². The molecule has 32 heteroatoms. The number of rotatable bonds is 47. The second-order valence-electron chi connectivity index (χ2n) is 24.6. The first kappa shape index (κ1) is 85.7. The predicted molar refractivity (Wildman–Crippen MR) is 403 cm³/mol. The lowest BCUT2D eigenvalue weighted by atomic mass is 10.0. The van der Waals surface area contributed by atoms with Gasteiger partial charge in [-0.2, -0.15) is 35.3 Å². The monoisotopic (exact) mass is 1510 g/mol. The van der Waals surface area contributed by atoms with E-state index in [1.54, 1.807) is 50.1 Å². The molecule has 0 saturated carbocycles. The molecule has 0 bridgehead atoms. The first-order valence-electron chi connectivity index (χ1n) is 34.9. The lowest BCUT2D eigenvalue weighted by molar-refractivity contribution is -0.197. The second-order valence-corrected chi connectivity index (χ2v) is 36.5. The van der Waals surface area contributed by atoms with E-state index >= 15 is 0 Å². The summed E-state index contributed by atoms with van der Waals surface area (Å²) in [6, 6.07) is 1.39. The van der Waals surface area contributed by atoms with Crippen LogP contribution in [0.15, 0.2) is 0 Å². The number of fused-ring (bicyclic) bond motifs is 3. The summed E-state index contributed by atoms with van der Waals surface area (Å²) in [7, 11) is 9.98. The van der Waals surface area contributed by atoms with E-state index in [0.717, 1.165) is 156 Å². The zero-order valence-electron chi connectivity index (χ0n) is 56.9. The predicted octanol–water partition coefficient (Wildman–Crippen LogP) is 9.70. The Labute approximate surface area is 607 Å². The Morgan fingerprint density at radius 2 is 0.833 bits per heavy atom. The van der Waals surface area contributed by atoms with Gasteiger partial charge in [-0.25, -0.2) is 19.2 Å². The van der Waals surface area contributed by atoms with Crippen molar-refractivity contribution in [3.8, 4) is 0 Å². The van der Waals surface area contributed by atoms with Crippen LogP contribution < -0.4 is 53.6 Å². The first-order valence-corrected chi connectivity index (χ1v) is 45.5. The van der Waals surface area contributed by atoms with E-state index in [0.29, 0.717) is 95.4 Å². The third-order valence-corrected chi connectivity index (χ3v) is 28.4. The molecule has 7 heterocycles. The van der Waals surface area contributed by atoms with Crippen LogP contribution in [0.3, 0.4) is 0 Å². The Hall–Kier alpha value is -2.72. The number of urea groups is 3. The number of hydroxylamine groups is 2. The number of unbranched alkanes of at least 4 members (excludes halogenated alkanes) is 6. The quantitative estimate of drug-likeness (QED) is 0.0117. The molecule has 7 rings (SSSR count). The Bertz CT molecular complexity index is 2290. The standard InChI is InChI=1S/C20H30N4O6S3.2C20H35N3O3S3.C4H11N/c1-12-10-16(26)24(19(12)28)30-17(27)6-8-32-33-9-7-21-15(25)5-3-2-4-14-18-13(11-31-14)22-20(29)23-18;2*1-2-3-11-21-18(25)10-13-29-28-12-6-8-15(24)7-4-5-9-17-19-16(14-27-17)22-20(26)23-19;1-2-3-4-5/h12-14,18H,2-11H2,1H3,(H,21,25)(H2,22,23,29);2*16-17,19H,2-14H2,1H3,(H,21,25)(H2,22,23,26);2-5H2,1H3. The van der Waals surface area contributed by atoms with Gasteiger partial charge < -0.3 is 58.4 Å². The van der Waals surface area contributed by atoms with Crippen LogP contribution >= 0.6 is 100 Å². The Kier molecular flexibility index (Phi) is 46.7. The number of nitrogens with one attached hydrogen (secondary N) is 9. The molecule has 10 atom stereocenters. The van der Waals surface area contributed by atoms with Crippen LogP contribution in [0, 0.1) is 5.92 Å². The largest absolute Gasteiger partial charge is 0.356 e. The average molecular weight is 1520 g/mol. The maximum absolute atomic E-state index is 12.0. The number of imide groups is 1. The number of carbonyl (C=O) groups is 11. The molecule has 11 N–H and O–H groups in total. The fourth-order valence-corrected chi connectivity index (χ4v) is 21.7. The first-order chi connectivity index (χ1) is 46.5. The van der Waals surface area contributed by atoms with Crippen molar-refractivity contribution < 1.29 is 57.6 Å². The Morgan fingerprint density at radius 3 is 1.23 bits per heavy atom. The normalized spacial score (nSPS) is 23.2. The summed E-state index contributed by atoms with van der Waals surface area (Å²) in [5.74, 6) is 6.72. The molecule has 7 aliphatic rings. The van der Waals surface area contributed by atoms with Gasteiger partial charge in [0.05, 0.1) is 42.7 Å². The number of carbonyl (C=O) groups excluding carboxylic acids is 11. The maximum atomic E-state index is 12.0. The third kappa shape index (κ3) is 36.2. The van der Waals surface area contributed by atoms with Gasteiger partial charge in [0, 0.05) is 144 Å². The molecular formula is C64H111N11O12S9. The highest BCUT2D eigenvalue weighted by Gasteiger charge is 2.45. The van der Waals surface area contributed by atoms with Gasteiger partial charge in [0.15, 0.2) is 0 Å². The van der Waals surface area contributed by atoms with Gasteiger partial charge in [-0.15, -0.1) is 5.06 Å². The topological polar surface area (TPSA) is 335 Å². The summed E-state index contributed by atoms with van der Waals surface area (Å²) in [4.78, 5) is 133. The van der Waals surface area contributed by atoms with E-state index in [9.17, 15) is 52.7 Å². The molecule has 0 radical (unpaired) electrons. The highest BCUT2D eigenvalue weighted by Crippen LogP contribution is 2.36. The highest BCUT2D eigenvalue weighted by atomic mass is 33.1. The molecule has 7 fully saturated rings. The number of hydrogen-bond donors (Lipinski definition) is 10. The summed E-state index contributed by atoms with van der Waals surface area (Å²) in [5.41, 5.74) is 5.14. The molecule has 23 nitrogen and oxygen atoms in total. The average Bonchev–Trinajstić information content (AvgIpc) is 1.70. The fourth-order valence-electron chi connectivity index (χ4n) is 11.1.